The molecule has 2 aromatic rings. The zero-order chi connectivity index (χ0) is 19.6. The molecule has 146 valence electrons. The van der Waals surface area contributed by atoms with E-state index in [4.69, 9.17) is 16.3 Å². The topological polar surface area (TPSA) is 67.8 Å². The molecule has 0 unspecified atom stereocenters. The van der Waals surface area contributed by atoms with E-state index in [1.165, 1.54) is 12.1 Å². The number of hydrogen-bond donors (Lipinski definition) is 2. The first-order chi connectivity index (χ1) is 13.0. The molecule has 27 heavy (non-hydrogen) atoms. The summed E-state index contributed by atoms with van der Waals surface area (Å²) in [7, 11) is 1.61. The van der Waals surface area contributed by atoms with E-state index in [2.05, 4.69) is 25.3 Å². The lowest BCUT2D eigenvalue weighted by Gasteiger charge is -2.15. The predicted octanol–water partition coefficient (Wildman–Crippen LogP) is 3.60. The van der Waals surface area contributed by atoms with Crippen molar-refractivity contribution in [1.29, 1.82) is 0 Å². The van der Waals surface area contributed by atoms with Gasteiger partial charge in [-0.05, 0) is 31.2 Å². The molecule has 0 amide bonds. The maximum Gasteiger partial charge on any atom is 0.387 e. The zero-order valence-electron chi connectivity index (χ0n) is 15.0. The van der Waals surface area contributed by atoms with Crippen LogP contribution in [0.2, 0.25) is 5.02 Å². The number of halogens is 3. The molecule has 1 aromatic carbocycles. The van der Waals surface area contributed by atoms with Crippen molar-refractivity contribution in [3.8, 4) is 11.6 Å². The molecule has 0 atom stereocenters. The average Bonchev–Trinajstić information content (AvgIpc) is 2.65. The molecule has 0 saturated heterocycles. The summed E-state index contributed by atoms with van der Waals surface area (Å²) >= 11 is 5.95. The Morgan fingerprint density at radius 2 is 1.96 bits per heavy atom. The quantitative estimate of drug-likeness (QED) is 0.525. The molecule has 0 aliphatic heterocycles. The number of benzene rings is 1. The average molecular weight is 399 g/mol. The number of nitrogens with zero attached hydrogens (tertiary/aromatic N) is 2. The summed E-state index contributed by atoms with van der Waals surface area (Å²) in [5, 5.41) is 6.59. The monoisotopic (exact) mass is 398 g/mol. The summed E-state index contributed by atoms with van der Waals surface area (Å²) in [4.78, 5) is 8.31. The largest absolute Gasteiger partial charge is 0.478 e. The maximum atomic E-state index is 12.5. The van der Waals surface area contributed by atoms with Gasteiger partial charge in [0.1, 0.15) is 5.75 Å². The second kappa shape index (κ2) is 10.5. The Bertz CT molecular complexity index is 775. The first-order valence-electron chi connectivity index (χ1n) is 8.28. The third kappa shape index (κ3) is 6.56. The van der Waals surface area contributed by atoms with Gasteiger partial charge in [0.25, 0.3) is 0 Å². The van der Waals surface area contributed by atoms with E-state index in [0.717, 1.165) is 5.56 Å². The number of rotatable bonds is 8. The first-order valence-corrected chi connectivity index (χ1v) is 8.65. The van der Waals surface area contributed by atoms with Gasteiger partial charge in [-0.25, -0.2) is 4.98 Å². The van der Waals surface area contributed by atoms with Crippen molar-refractivity contribution in [1.82, 2.24) is 15.6 Å². The van der Waals surface area contributed by atoms with Crippen LogP contribution in [0.15, 0.2) is 41.5 Å². The standard InChI is InChI=1S/C18H21ClF2N4O2/c1-3-26-16-12(5-4-8-23-16)10-24-18(22-2)25-11-13-9-14(19)6-7-15(13)27-17(20)21/h4-9,17H,3,10-11H2,1-2H3,(H2,22,24,25). The molecule has 0 saturated carbocycles. The molecule has 0 spiro atoms. The van der Waals surface area contributed by atoms with Crippen molar-refractivity contribution >= 4 is 17.6 Å². The summed E-state index contributed by atoms with van der Waals surface area (Å²) in [6, 6.07) is 8.17. The highest BCUT2D eigenvalue weighted by Gasteiger charge is 2.11. The molecule has 2 rings (SSSR count). The number of nitrogens with one attached hydrogen (secondary N) is 2. The van der Waals surface area contributed by atoms with Crippen LogP contribution in [0, 0.1) is 0 Å². The maximum absolute atomic E-state index is 12.5. The minimum absolute atomic E-state index is 0.0586. The summed E-state index contributed by atoms with van der Waals surface area (Å²) < 4.78 is 35.1. The van der Waals surface area contributed by atoms with Crippen molar-refractivity contribution in [2.45, 2.75) is 26.6 Å². The van der Waals surface area contributed by atoms with Crippen LogP contribution in [0.5, 0.6) is 11.6 Å². The summed E-state index contributed by atoms with van der Waals surface area (Å²) in [6.45, 7) is 0.117. The summed E-state index contributed by atoms with van der Waals surface area (Å²) in [5.41, 5.74) is 1.36. The molecule has 6 nitrogen and oxygen atoms in total. The van der Waals surface area contributed by atoms with E-state index in [1.807, 2.05) is 19.1 Å². The molecule has 0 bridgehead atoms. The smallest absolute Gasteiger partial charge is 0.387 e. The minimum Gasteiger partial charge on any atom is -0.478 e. The minimum atomic E-state index is -2.91. The highest BCUT2D eigenvalue weighted by atomic mass is 35.5. The van der Waals surface area contributed by atoms with Gasteiger partial charge in [-0.15, -0.1) is 0 Å². The molecule has 0 aliphatic rings. The van der Waals surface area contributed by atoms with Crippen LogP contribution in [0.1, 0.15) is 18.1 Å². The van der Waals surface area contributed by atoms with Crippen molar-refractivity contribution < 1.29 is 18.3 Å². The number of guanidine groups is 1. The lowest BCUT2D eigenvalue weighted by Crippen LogP contribution is -2.36. The van der Waals surface area contributed by atoms with Gasteiger partial charge in [-0.3, -0.25) is 4.99 Å². The van der Waals surface area contributed by atoms with Crippen LogP contribution in [-0.2, 0) is 13.1 Å². The van der Waals surface area contributed by atoms with E-state index >= 15 is 0 Å². The fraction of sp³-hybridized carbons (Fsp3) is 0.333. The second-order valence-electron chi connectivity index (χ2n) is 5.31. The van der Waals surface area contributed by atoms with Crippen LogP contribution < -0.4 is 20.1 Å². The lowest BCUT2D eigenvalue weighted by atomic mass is 10.2. The number of hydrogen-bond acceptors (Lipinski definition) is 4. The van der Waals surface area contributed by atoms with Crippen LogP contribution in [-0.4, -0.2) is 31.2 Å². The Labute approximate surface area is 161 Å². The van der Waals surface area contributed by atoms with Crippen molar-refractivity contribution in [2.24, 2.45) is 4.99 Å². The third-order valence-corrected chi connectivity index (χ3v) is 3.72. The van der Waals surface area contributed by atoms with E-state index in [1.54, 1.807) is 19.3 Å². The molecule has 1 aromatic heterocycles. The van der Waals surface area contributed by atoms with Crippen LogP contribution in [0.25, 0.3) is 0 Å². The highest BCUT2D eigenvalue weighted by Crippen LogP contribution is 2.24. The van der Waals surface area contributed by atoms with E-state index < -0.39 is 6.61 Å². The molecule has 0 fully saturated rings. The predicted molar refractivity (Wildman–Crippen MR) is 101 cm³/mol. The second-order valence-corrected chi connectivity index (χ2v) is 5.75. The van der Waals surface area contributed by atoms with Gasteiger partial charge in [0.2, 0.25) is 5.88 Å². The first kappa shape index (κ1) is 20.7. The normalized spacial score (nSPS) is 11.4. The number of aliphatic imine (C=N–C) groups is 1. The molecular weight excluding hydrogens is 378 g/mol. The van der Waals surface area contributed by atoms with Crippen molar-refractivity contribution in [2.75, 3.05) is 13.7 Å². The van der Waals surface area contributed by atoms with Gasteiger partial charge in [0, 0.05) is 42.5 Å². The molecule has 1 heterocycles. The van der Waals surface area contributed by atoms with E-state index in [0.29, 0.717) is 35.6 Å². The SMILES string of the molecule is CCOc1ncccc1CNC(=NC)NCc1cc(Cl)ccc1OC(F)F. The highest BCUT2D eigenvalue weighted by molar-refractivity contribution is 6.30. The van der Waals surface area contributed by atoms with Gasteiger partial charge in [0.05, 0.1) is 6.61 Å². The molecular formula is C18H21ClF2N4O2. The Morgan fingerprint density at radius 1 is 1.22 bits per heavy atom. The molecule has 9 heteroatoms. The zero-order valence-corrected chi connectivity index (χ0v) is 15.8. The molecule has 2 N–H and O–H groups in total. The Hall–Kier alpha value is -2.61. The van der Waals surface area contributed by atoms with Gasteiger partial charge < -0.3 is 20.1 Å². The lowest BCUT2D eigenvalue weighted by molar-refractivity contribution is -0.0504. The van der Waals surface area contributed by atoms with E-state index in [9.17, 15) is 8.78 Å². The number of alkyl halides is 2. The summed E-state index contributed by atoms with van der Waals surface area (Å²) in [5.74, 6) is 1.08. The number of pyridine rings is 1. The number of aromatic nitrogens is 1. The van der Waals surface area contributed by atoms with E-state index in [-0.39, 0.29) is 12.3 Å². The summed E-state index contributed by atoms with van der Waals surface area (Å²) in [6.07, 6.45) is 1.66. The molecule has 0 radical (unpaired) electrons. The molecule has 0 aliphatic carbocycles. The number of ether oxygens (including phenoxy) is 2. The van der Waals surface area contributed by atoms with Gasteiger partial charge >= 0.3 is 6.61 Å². The third-order valence-electron chi connectivity index (χ3n) is 3.49. The Morgan fingerprint density at radius 3 is 2.63 bits per heavy atom. The van der Waals surface area contributed by atoms with Gasteiger partial charge in [0.15, 0.2) is 5.96 Å². The van der Waals surface area contributed by atoms with Crippen LogP contribution in [0.3, 0.4) is 0 Å². The Balaban J connectivity index is 2.00. The van der Waals surface area contributed by atoms with Crippen molar-refractivity contribution in [3.63, 3.8) is 0 Å². The fourth-order valence-electron chi connectivity index (χ4n) is 2.30. The fourth-order valence-corrected chi connectivity index (χ4v) is 2.50. The Kier molecular flexibility index (Phi) is 8.06. The van der Waals surface area contributed by atoms with Crippen LogP contribution >= 0.6 is 11.6 Å². The van der Waals surface area contributed by atoms with Crippen molar-refractivity contribution in [3.05, 3.63) is 52.7 Å². The van der Waals surface area contributed by atoms with Gasteiger partial charge in [-0.2, -0.15) is 8.78 Å². The van der Waals surface area contributed by atoms with Crippen LogP contribution in [0.4, 0.5) is 8.78 Å². The van der Waals surface area contributed by atoms with Gasteiger partial charge in [-0.1, -0.05) is 17.7 Å².